The smallest absolute Gasteiger partial charge is 0.0485 e. The molecule has 3 nitrogen and oxygen atoms in total. The van der Waals surface area contributed by atoms with Crippen molar-refractivity contribution in [3.63, 3.8) is 0 Å². The lowest BCUT2D eigenvalue weighted by atomic mass is 10.1. The molecule has 0 atom stereocenters. The molecule has 0 aromatic heterocycles. The molecule has 1 N–H and O–H groups in total. The molecule has 1 heterocycles. The molecule has 1 aliphatic rings. The van der Waals surface area contributed by atoms with Crippen LogP contribution in [0.2, 0.25) is 0 Å². The highest BCUT2D eigenvalue weighted by Gasteiger charge is 2.13. The Balaban J connectivity index is 1.94. The summed E-state index contributed by atoms with van der Waals surface area (Å²) in [7, 11) is 0. The predicted molar refractivity (Wildman–Crippen MR) is 77.5 cm³/mol. The molecule has 0 saturated carbocycles. The van der Waals surface area contributed by atoms with Crippen molar-refractivity contribution in [2.45, 2.75) is 32.7 Å². The van der Waals surface area contributed by atoms with Crippen molar-refractivity contribution in [2.24, 2.45) is 0 Å². The van der Waals surface area contributed by atoms with Crippen molar-refractivity contribution in [1.29, 1.82) is 0 Å². The number of hydrogen-bond donors (Lipinski definition) is 1. The molecular formula is C15H24N2O. The number of nitrogens with zero attached hydrogens (tertiary/aromatic N) is 1. The van der Waals surface area contributed by atoms with Crippen LogP contribution in [0, 0.1) is 0 Å². The van der Waals surface area contributed by atoms with Gasteiger partial charge in [0.05, 0.1) is 0 Å². The zero-order valence-corrected chi connectivity index (χ0v) is 11.5. The Morgan fingerprint density at radius 1 is 1.11 bits per heavy atom. The lowest BCUT2D eigenvalue weighted by Crippen LogP contribution is -2.27. The molecule has 0 unspecified atom stereocenters. The highest BCUT2D eigenvalue weighted by atomic mass is 16.5. The molecule has 0 bridgehead atoms. The minimum absolute atomic E-state index is 0.568. The standard InChI is InChI=1S/C15H24N2O/c1-3-17(4-2)15-7-5-13(6-8-15)16-14-9-11-18-12-10-14/h5-8,14,16H,3-4,9-12H2,1-2H3. The van der Waals surface area contributed by atoms with Gasteiger partial charge in [-0.05, 0) is 51.0 Å². The van der Waals surface area contributed by atoms with E-state index in [1.165, 1.54) is 11.4 Å². The van der Waals surface area contributed by atoms with E-state index in [0.29, 0.717) is 6.04 Å². The van der Waals surface area contributed by atoms with Gasteiger partial charge in [0.2, 0.25) is 0 Å². The lowest BCUT2D eigenvalue weighted by Gasteiger charge is -2.25. The number of anilines is 2. The topological polar surface area (TPSA) is 24.5 Å². The summed E-state index contributed by atoms with van der Waals surface area (Å²) in [6, 6.07) is 9.34. The van der Waals surface area contributed by atoms with Gasteiger partial charge in [-0.1, -0.05) is 0 Å². The third kappa shape index (κ3) is 3.39. The highest BCUT2D eigenvalue weighted by molar-refractivity contribution is 5.55. The third-order valence-corrected chi connectivity index (χ3v) is 3.59. The molecule has 0 aliphatic carbocycles. The van der Waals surface area contributed by atoms with E-state index in [4.69, 9.17) is 4.74 Å². The molecule has 1 aromatic carbocycles. The minimum Gasteiger partial charge on any atom is -0.382 e. The maximum atomic E-state index is 5.37. The monoisotopic (exact) mass is 248 g/mol. The number of ether oxygens (including phenoxy) is 1. The SMILES string of the molecule is CCN(CC)c1ccc(NC2CCOCC2)cc1. The van der Waals surface area contributed by atoms with Crippen molar-refractivity contribution in [1.82, 2.24) is 0 Å². The Bertz CT molecular complexity index is 340. The van der Waals surface area contributed by atoms with E-state index in [9.17, 15) is 0 Å². The third-order valence-electron chi connectivity index (χ3n) is 3.59. The summed E-state index contributed by atoms with van der Waals surface area (Å²) < 4.78 is 5.37. The van der Waals surface area contributed by atoms with Gasteiger partial charge in [-0.2, -0.15) is 0 Å². The maximum Gasteiger partial charge on any atom is 0.0485 e. The second-order valence-corrected chi connectivity index (χ2v) is 4.75. The van der Waals surface area contributed by atoms with Crippen molar-refractivity contribution >= 4 is 11.4 Å². The summed E-state index contributed by atoms with van der Waals surface area (Å²) >= 11 is 0. The Kier molecular flexibility index (Phi) is 4.88. The van der Waals surface area contributed by atoms with E-state index < -0.39 is 0 Å². The Hall–Kier alpha value is -1.22. The van der Waals surface area contributed by atoms with Gasteiger partial charge in [0.25, 0.3) is 0 Å². The summed E-state index contributed by atoms with van der Waals surface area (Å²) in [5.41, 5.74) is 2.52. The summed E-state index contributed by atoms with van der Waals surface area (Å²) in [6.07, 6.45) is 2.22. The van der Waals surface area contributed by atoms with Crippen LogP contribution >= 0.6 is 0 Å². The molecule has 0 spiro atoms. The van der Waals surface area contributed by atoms with Crippen LogP contribution in [0.25, 0.3) is 0 Å². The minimum atomic E-state index is 0.568. The zero-order valence-electron chi connectivity index (χ0n) is 11.5. The van der Waals surface area contributed by atoms with Crippen molar-refractivity contribution < 1.29 is 4.74 Å². The van der Waals surface area contributed by atoms with Gasteiger partial charge in [-0.3, -0.25) is 0 Å². The quantitative estimate of drug-likeness (QED) is 0.866. The fourth-order valence-corrected chi connectivity index (χ4v) is 2.43. The molecule has 1 saturated heterocycles. The first-order valence-electron chi connectivity index (χ1n) is 7.02. The van der Waals surface area contributed by atoms with E-state index in [1.54, 1.807) is 0 Å². The fourth-order valence-electron chi connectivity index (χ4n) is 2.43. The summed E-state index contributed by atoms with van der Waals surface area (Å²) in [6.45, 7) is 8.27. The first-order valence-corrected chi connectivity index (χ1v) is 7.02. The normalized spacial score (nSPS) is 16.6. The van der Waals surface area contributed by atoms with E-state index in [1.807, 2.05) is 0 Å². The second kappa shape index (κ2) is 6.64. The zero-order chi connectivity index (χ0) is 12.8. The van der Waals surface area contributed by atoms with Crippen molar-refractivity contribution in [2.75, 3.05) is 36.5 Å². The number of nitrogens with one attached hydrogen (secondary N) is 1. The predicted octanol–water partition coefficient (Wildman–Crippen LogP) is 3.12. The van der Waals surface area contributed by atoms with Crippen LogP contribution in [-0.4, -0.2) is 32.3 Å². The van der Waals surface area contributed by atoms with Gasteiger partial charge in [0.15, 0.2) is 0 Å². The van der Waals surface area contributed by atoms with E-state index >= 15 is 0 Å². The van der Waals surface area contributed by atoms with Gasteiger partial charge >= 0.3 is 0 Å². The molecule has 18 heavy (non-hydrogen) atoms. The first kappa shape index (κ1) is 13.2. The molecular weight excluding hydrogens is 224 g/mol. The van der Waals surface area contributed by atoms with Crippen molar-refractivity contribution in [3.05, 3.63) is 24.3 Å². The van der Waals surface area contributed by atoms with Gasteiger partial charge in [0, 0.05) is 43.7 Å². The Labute approximate surface area is 110 Å². The van der Waals surface area contributed by atoms with E-state index in [-0.39, 0.29) is 0 Å². The average Bonchev–Trinajstić information content (AvgIpc) is 2.43. The van der Waals surface area contributed by atoms with Crippen LogP contribution in [0.1, 0.15) is 26.7 Å². The molecule has 1 aromatic rings. The van der Waals surface area contributed by atoms with Gasteiger partial charge < -0.3 is 15.0 Å². The van der Waals surface area contributed by atoms with Crippen LogP contribution in [-0.2, 0) is 4.74 Å². The number of hydrogen-bond acceptors (Lipinski definition) is 3. The van der Waals surface area contributed by atoms with E-state index in [2.05, 4.69) is 48.3 Å². The second-order valence-electron chi connectivity index (χ2n) is 4.75. The number of benzene rings is 1. The molecule has 2 rings (SSSR count). The van der Waals surface area contributed by atoms with Crippen LogP contribution in [0.4, 0.5) is 11.4 Å². The fraction of sp³-hybridized carbons (Fsp3) is 0.600. The van der Waals surface area contributed by atoms with Crippen LogP contribution in [0.5, 0.6) is 0 Å². The number of rotatable bonds is 5. The van der Waals surface area contributed by atoms with Gasteiger partial charge in [-0.15, -0.1) is 0 Å². The molecule has 1 aliphatic heterocycles. The Morgan fingerprint density at radius 3 is 2.28 bits per heavy atom. The molecule has 3 heteroatoms. The molecule has 100 valence electrons. The summed E-state index contributed by atoms with van der Waals surface area (Å²) in [5, 5.41) is 3.58. The lowest BCUT2D eigenvalue weighted by molar-refractivity contribution is 0.0904. The van der Waals surface area contributed by atoms with Gasteiger partial charge in [0.1, 0.15) is 0 Å². The average molecular weight is 248 g/mol. The van der Waals surface area contributed by atoms with E-state index in [0.717, 1.165) is 39.1 Å². The van der Waals surface area contributed by atoms with Crippen molar-refractivity contribution in [3.8, 4) is 0 Å². The molecule has 1 fully saturated rings. The van der Waals surface area contributed by atoms with Crippen LogP contribution < -0.4 is 10.2 Å². The highest BCUT2D eigenvalue weighted by Crippen LogP contribution is 2.20. The summed E-state index contributed by atoms with van der Waals surface area (Å²) in [4.78, 5) is 2.36. The summed E-state index contributed by atoms with van der Waals surface area (Å²) in [5.74, 6) is 0. The molecule has 0 radical (unpaired) electrons. The van der Waals surface area contributed by atoms with Crippen LogP contribution in [0.3, 0.4) is 0 Å². The maximum absolute atomic E-state index is 5.37. The largest absolute Gasteiger partial charge is 0.382 e. The van der Waals surface area contributed by atoms with Crippen LogP contribution in [0.15, 0.2) is 24.3 Å². The first-order chi connectivity index (χ1) is 8.83. The molecule has 0 amide bonds. The van der Waals surface area contributed by atoms with Gasteiger partial charge in [-0.25, -0.2) is 0 Å². The Morgan fingerprint density at radius 2 is 1.72 bits per heavy atom.